The van der Waals surface area contributed by atoms with Crippen molar-refractivity contribution in [1.29, 1.82) is 0 Å². The van der Waals surface area contributed by atoms with Gasteiger partial charge in [0.2, 0.25) is 0 Å². The highest BCUT2D eigenvalue weighted by atomic mass is 16.2. The number of aldehydes is 1. The lowest BCUT2D eigenvalue weighted by atomic mass is 10.1. The molecule has 1 amide bonds. The van der Waals surface area contributed by atoms with E-state index in [0.29, 0.717) is 5.56 Å². The molecule has 0 aliphatic heterocycles. The summed E-state index contributed by atoms with van der Waals surface area (Å²) in [5.74, 6) is -0.156. The summed E-state index contributed by atoms with van der Waals surface area (Å²) < 4.78 is 0. The zero-order valence-corrected chi connectivity index (χ0v) is 8.81. The third-order valence-corrected chi connectivity index (χ3v) is 2.11. The van der Waals surface area contributed by atoms with Gasteiger partial charge in [0.05, 0.1) is 6.04 Å². The van der Waals surface area contributed by atoms with Gasteiger partial charge < -0.3 is 10.1 Å². The van der Waals surface area contributed by atoms with Crippen molar-refractivity contribution in [2.75, 3.05) is 0 Å². The zero-order chi connectivity index (χ0) is 11.3. The molecule has 15 heavy (non-hydrogen) atoms. The molecule has 80 valence electrons. The van der Waals surface area contributed by atoms with Crippen molar-refractivity contribution in [3.8, 4) is 0 Å². The summed E-state index contributed by atoms with van der Waals surface area (Å²) >= 11 is 0. The van der Waals surface area contributed by atoms with Gasteiger partial charge in [-0.15, -0.1) is 0 Å². The van der Waals surface area contributed by atoms with Crippen molar-refractivity contribution in [1.82, 2.24) is 10.3 Å². The van der Waals surface area contributed by atoms with Crippen molar-refractivity contribution in [3.05, 3.63) is 30.1 Å². The molecule has 4 heteroatoms. The molecular formula is C11H14N2O2. The van der Waals surface area contributed by atoms with Gasteiger partial charge in [-0.1, -0.05) is 13.8 Å². The number of amides is 1. The van der Waals surface area contributed by atoms with Crippen LogP contribution in [0.3, 0.4) is 0 Å². The quantitative estimate of drug-likeness (QED) is 0.749. The fraction of sp³-hybridized carbons (Fsp3) is 0.364. The smallest absolute Gasteiger partial charge is 0.251 e. The number of hydrogen-bond donors (Lipinski definition) is 1. The van der Waals surface area contributed by atoms with Gasteiger partial charge in [0.15, 0.2) is 0 Å². The van der Waals surface area contributed by atoms with Crippen LogP contribution >= 0.6 is 0 Å². The molecule has 0 radical (unpaired) electrons. The normalized spacial score (nSPS) is 12.2. The number of nitrogens with one attached hydrogen (secondary N) is 1. The SMILES string of the molecule is CC(C)[C@@H](C=O)NC(=O)c1ccncc1. The highest BCUT2D eigenvalue weighted by Crippen LogP contribution is 2.01. The van der Waals surface area contributed by atoms with E-state index in [1.807, 2.05) is 13.8 Å². The van der Waals surface area contributed by atoms with E-state index >= 15 is 0 Å². The van der Waals surface area contributed by atoms with Crippen molar-refractivity contribution in [2.24, 2.45) is 5.92 Å². The monoisotopic (exact) mass is 206 g/mol. The average Bonchev–Trinajstić information content (AvgIpc) is 2.26. The van der Waals surface area contributed by atoms with Gasteiger partial charge in [-0.05, 0) is 18.1 Å². The van der Waals surface area contributed by atoms with Crippen molar-refractivity contribution < 1.29 is 9.59 Å². The summed E-state index contributed by atoms with van der Waals surface area (Å²) in [7, 11) is 0. The molecule has 1 aromatic rings. The molecule has 0 saturated heterocycles. The van der Waals surface area contributed by atoms with Crippen LogP contribution in [0.4, 0.5) is 0 Å². The molecule has 0 saturated carbocycles. The first kappa shape index (κ1) is 11.4. The molecule has 1 N–H and O–H groups in total. The van der Waals surface area contributed by atoms with Crippen LogP contribution in [0.5, 0.6) is 0 Å². The van der Waals surface area contributed by atoms with E-state index < -0.39 is 6.04 Å². The molecule has 4 nitrogen and oxygen atoms in total. The molecular weight excluding hydrogens is 192 g/mol. The van der Waals surface area contributed by atoms with Crippen LogP contribution in [0.2, 0.25) is 0 Å². The lowest BCUT2D eigenvalue weighted by molar-refractivity contribution is -0.110. The summed E-state index contributed by atoms with van der Waals surface area (Å²) in [6.45, 7) is 3.76. The molecule has 1 atom stereocenters. The molecule has 0 bridgehead atoms. The molecule has 0 fully saturated rings. The zero-order valence-electron chi connectivity index (χ0n) is 8.81. The summed E-state index contributed by atoms with van der Waals surface area (Å²) in [6, 6.07) is 2.78. The van der Waals surface area contributed by atoms with Crippen LogP contribution in [0.1, 0.15) is 24.2 Å². The number of rotatable bonds is 4. The maximum Gasteiger partial charge on any atom is 0.251 e. The predicted molar refractivity (Wildman–Crippen MR) is 56.4 cm³/mol. The number of pyridine rings is 1. The van der Waals surface area contributed by atoms with Crippen LogP contribution in [0, 0.1) is 5.92 Å². The van der Waals surface area contributed by atoms with Crippen molar-refractivity contribution >= 4 is 12.2 Å². The Kier molecular flexibility index (Phi) is 3.97. The first-order valence-electron chi connectivity index (χ1n) is 4.81. The van der Waals surface area contributed by atoms with Crippen LogP contribution in [0.15, 0.2) is 24.5 Å². The second-order valence-corrected chi connectivity index (χ2v) is 3.62. The van der Waals surface area contributed by atoms with E-state index in [0.717, 1.165) is 6.29 Å². The Hall–Kier alpha value is -1.71. The fourth-order valence-electron chi connectivity index (χ4n) is 1.10. The van der Waals surface area contributed by atoms with E-state index in [9.17, 15) is 9.59 Å². The first-order valence-corrected chi connectivity index (χ1v) is 4.81. The number of carbonyl (C=O) groups is 2. The largest absolute Gasteiger partial charge is 0.342 e. The first-order chi connectivity index (χ1) is 7.15. The topological polar surface area (TPSA) is 59.1 Å². The number of hydrogen-bond acceptors (Lipinski definition) is 3. The lowest BCUT2D eigenvalue weighted by Crippen LogP contribution is -2.39. The van der Waals surface area contributed by atoms with Crippen LogP contribution in [0.25, 0.3) is 0 Å². The van der Waals surface area contributed by atoms with Gasteiger partial charge in [-0.3, -0.25) is 9.78 Å². The summed E-state index contributed by atoms with van der Waals surface area (Å²) in [5.41, 5.74) is 0.512. The maximum absolute atomic E-state index is 11.6. The standard InChI is InChI=1S/C11H14N2O2/c1-8(2)10(7-14)13-11(15)9-3-5-12-6-4-9/h3-8,10H,1-2H3,(H,13,15)/t10-/m1/s1. The Bertz CT molecular complexity index is 336. The molecule has 0 aromatic carbocycles. The van der Waals surface area contributed by atoms with Crippen LogP contribution in [-0.4, -0.2) is 23.2 Å². The highest BCUT2D eigenvalue weighted by molar-refractivity contribution is 5.95. The third-order valence-electron chi connectivity index (χ3n) is 2.11. The second kappa shape index (κ2) is 5.24. The number of carbonyl (C=O) groups excluding carboxylic acids is 2. The molecule has 0 spiro atoms. The van der Waals surface area contributed by atoms with E-state index in [1.54, 1.807) is 24.5 Å². The minimum absolute atomic E-state index is 0.0910. The van der Waals surface area contributed by atoms with Crippen LogP contribution < -0.4 is 5.32 Å². The van der Waals surface area contributed by atoms with Crippen molar-refractivity contribution in [2.45, 2.75) is 19.9 Å². The average molecular weight is 206 g/mol. The Labute approximate surface area is 88.7 Å². The van der Waals surface area contributed by atoms with Gasteiger partial charge in [0.25, 0.3) is 5.91 Å². The highest BCUT2D eigenvalue weighted by Gasteiger charge is 2.15. The Balaban J connectivity index is 2.67. The van der Waals surface area contributed by atoms with E-state index in [1.165, 1.54) is 0 Å². The fourth-order valence-corrected chi connectivity index (χ4v) is 1.10. The summed E-state index contributed by atoms with van der Waals surface area (Å²) in [5, 5.41) is 2.65. The lowest BCUT2D eigenvalue weighted by Gasteiger charge is -2.15. The van der Waals surface area contributed by atoms with Gasteiger partial charge in [0, 0.05) is 18.0 Å². The van der Waals surface area contributed by atoms with E-state index in [2.05, 4.69) is 10.3 Å². The molecule has 0 aliphatic rings. The third kappa shape index (κ3) is 3.16. The second-order valence-electron chi connectivity index (χ2n) is 3.62. The van der Waals surface area contributed by atoms with E-state index in [4.69, 9.17) is 0 Å². The molecule has 1 heterocycles. The van der Waals surface area contributed by atoms with Gasteiger partial charge >= 0.3 is 0 Å². The minimum Gasteiger partial charge on any atom is -0.342 e. The number of nitrogens with zero attached hydrogens (tertiary/aromatic N) is 1. The van der Waals surface area contributed by atoms with E-state index in [-0.39, 0.29) is 11.8 Å². The van der Waals surface area contributed by atoms with Gasteiger partial charge in [-0.25, -0.2) is 0 Å². The predicted octanol–water partition coefficient (Wildman–Crippen LogP) is 1.03. The number of aromatic nitrogens is 1. The maximum atomic E-state index is 11.6. The summed E-state index contributed by atoms with van der Waals surface area (Å²) in [4.78, 5) is 26.1. The minimum atomic E-state index is -0.439. The molecule has 0 aliphatic carbocycles. The van der Waals surface area contributed by atoms with Crippen LogP contribution in [-0.2, 0) is 4.79 Å². The Morgan fingerprint density at radius 1 is 1.40 bits per heavy atom. The molecule has 0 unspecified atom stereocenters. The van der Waals surface area contributed by atoms with Gasteiger partial charge in [-0.2, -0.15) is 0 Å². The summed E-state index contributed by atoms with van der Waals surface area (Å²) in [6.07, 6.45) is 3.84. The Morgan fingerprint density at radius 2 is 2.00 bits per heavy atom. The molecule has 1 rings (SSSR count). The Morgan fingerprint density at radius 3 is 2.47 bits per heavy atom. The molecule has 1 aromatic heterocycles. The van der Waals surface area contributed by atoms with Crippen molar-refractivity contribution in [3.63, 3.8) is 0 Å². The van der Waals surface area contributed by atoms with Gasteiger partial charge in [0.1, 0.15) is 6.29 Å².